The number of nitrogens with zero attached hydrogens (tertiary/aromatic N) is 2. The number of hydrogen-bond donors (Lipinski definition) is 0. The van der Waals surface area contributed by atoms with Crippen LogP contribution in [0.25, 0.3) is 0 Å². The van der Waals surface area contributed by atoms with Gasteiger partial charge in [0.2, 0.25) is 0 Å². The Balaban J connectivity index is 0.00000162. The quantitative estimate of drug-likeness (QED) is 0.419. The molecule has 0 unspecified atom stereocenters. The normalized spacial score (nSPS) is 9.56. The van der Waals surface area contributed by atoms with Gasteiger partial charge in [-0.1, -0.05) is 18.2 Å². The molecular weight excluding hydrogens is 296 g/mol. The fourth-order valence-corrected chi connectivity index (χ4v) is 1.63. The zero-order valence-corrected chi connectivity index (χ0v) is 11.3. The van der Waals surface area contributed by atoms with Crippen molar-refractivity contribution in [1.29, 1.82) is 0 Å². The van der Waals surface area contributed by atoms with Crippen LogP contribution in [0, 0.1) is 10.1 Å². The van der Waals surface area contributed by atoms with Crippen molar-refractivity contribution < 1.29 is 26.5 Å². The first-order valence-electron chi connectivity index (χ1n) is 5.43. The second-order valence-electron chi connectivity index (χ2n) is 3.79. The molecule has 0 N–H and O–H groups in total. The molecule has 18 heavy (non-hydrogen) atoms. The van der Waals surface area contributed by atoms with Crippen LogP contribution in [0.2, 0.25) is 0 Å². The van der Waals surface area contributed by atoms with E-state index in [1.165, 1.54) is 0 Å². The molecule has 1 aromatic heterocycles. The average molecular weight is 309 g/mol. The molecule has 0 radical (unpaired) electrons. The van der Waals surface area contributed by atoms with Gasteiger partial charge in [-0.25, -0.2) is 4.57 Å². The number of aryl methyl sites for hydroxylation is 2. The smallest absolute Gasteiger partial charge is 0.269 e. The summed E-state index contributed by atoms with van der Waals surface area (Å²) in [5.41, 5.74) is 1.24. The lowest BCUT2D eigenvalue weighted by Crippen LogP contribution is -3.00. The molecule has 0 aliphatic carbocycles. The Bertz CT molecular complexity index is 500. The van der Waals surface area contributed by atoms with Gasteiger partial charge < -0.3 is 17.0 Å². The standard InChI is InChI=1S/C13H13N2O2.BrH/c16-15(17)13-6-4-12(5-7-13)8-11-14-9-2-1-3-10-14;/h1-7,9-10H,8,11H2;1H/q+1;/p-1. The van der Waals surface area contributed by atoms with Gasteiger partial charge in [0.15, 0.2) is 18.9 Å². The highest BCUT2D eigenvalue weighted by molar-refractivity contribution is 5.32. The van der Waals surface area contributed by atoms with Gasteiger partial charge in [0.05, 0.1) is 4.92 Å². The second-order valence-corrected chi connectivity index (χ2v) is 3.79. The van der Waals surface area contributed by atoms with Crippen molar-refractivity contribution in [3.05, 3.63) is 70.5 Å². The SMILES string of the molecule is O=[N+]([O-])c1ccc(CC[n+]2ccccc2)cc1.[Br-]. The molecule has 0 aliphatic rings. The minimum absolute atomic E-state index is 0. The number of nitro benzene ring substituents is 1. The molecule has 0 saturated heterocycles. The van der Waals surface area contributed by atoms with Gasteiger partial charge in [-0.05, 0) is 5.56 Å². The first kappa shape index (κ1) is 14.3. The maximum atomic E-state index is 10.5. The Morgan fingerprint density at radius 1 is 1.06 bits per heavy atom. The molecule has 0 spiro atoms. The third kappa shape index (κ3) is 3.92. The molecule has 94 valence electrons. The van der Waals surface area contributed by atoms with Gasteiger partial charge in [-0.15, -0.1) is 0 Å². The molecule has 0 bridgehead atoms. The molecular formula is C13H13BrN2O2. The Hall–Kier alpha value is -1.75. The fourth-order valence-electron chi connectivity index (χ4n) is 1.63. The van der Waals surface area contributed by atoms with Gasteiger partial charge >= 0.3 is 0 Å². The van der Waals surface area contributed by atoms with Crippen molar-refractivity contribution in [3.63, 3.8) is 0 Å². The number of aromatic nitrogens is 1. The first-order chi connectivity index (χ1) is 8.25. The number of nitro groups is 1. The third-order valence-electron chi connectivity index (χ3n) is 2.58. The van der Waals surface area contributed by atoms with E-state index in [1.807, 2.05) is 42.7 Å². The number of hydrogen-bond acceptors (Lipinski definition) is 2. The lowest BCUT2D eigenvalue weighted by molar-refractivity contribution is -0.696. The first-order valence-corrected chi connectivity index (χ1v) is 5.43. The maximum Gasteiger partial charge on any atom is 0.269 e. The summed E-state index contributed by atoms with van der Waals surface area (Å²) in [6, 6.07) is 12.6. The maximum absolute atomic E-state index is 10.5. The highest BCUT2D eigenvalue weighted by Crippen LogP contribution is 2.12. The van der Waals surface area contributed by atoms with Crippen LogP contribution in [0.3, 0.4) is 0 Å². The van der Waals surface area contributed by atoms with Gasteiger partial charge in [0, 0.05) is 30.7 Å². The molecule has 2 aromatic rings. The highest BCUT2D eigenvalue weighted by atomic mass is 79.9. The van der Waals surface area contributed by atoms with Crippen molar-refractivity contribution in [1.82, 2.24) is 0 Å². The largest absolute Gasteiger partial charge is 1.00 e. The number of rotatable bonds is 4. The van der Waals surface area contributed by atoms with E-state index in [0.717, 1.165) is 18.5 Å². The summed E-state index contributed by atoms with van der Waals surface area (Å²) in [6.45, 7) is 0.874. The predicted molar refractivity (Wildman–Crippen MR) is 63.4 cm³/mol. The summed E-state index contributed by atoms with van der Waals surface area (Å²) in [5, 5.41) is 10.5. The summed E-state index contributed by atoms with van der Waals surface area (Å²) in [7, 11) is 0. The summed E-state index contributed by atoms with van der Waals surface area (Å²) < 4.78 is 2.08. The Labute approximate surface area is 116 Å². The van der Waals surface area contributed by atoms with E-state index in [0.29, 0.717) is 0 Å². The van der Waals surface area contributed by atoms with Crippen LogP contribution < -0.4 is 21.5 Å². The molecule has 2 rings (SSSR count). The van der Waals surface area contributed by atoms with E-state index in [-0.39, 0.29) is 27.6 Å². The van der Waals surface area contributed by atoms with Crippen LogP contribution >= 0.6 is 0 Å². The van der Waals surface area contributed by atoms with Crippen molar-refractivity contribution in [3.8, 4) is 0 Å². The molecule has 1 aromatic carbocycles. The molecule has 0 amide bonds. The lowest BCUT2D eigenvalue weighted by Gasteiger charge is -1.98. The van der Waals surface area contributed by atoms with E-state index in [9.17, 15) is 10.1 Å². The zero-order chi connectivity index (χ0) is 12.1. The van der Waals surface area contributed by atoms with E-state index in [4.69, 9.17) is 0 Å². The molecule has 0 aliphatic heterocycles. The topological polar surface area (TPSA) is 47.0 Å². The van der Waals surface area contributed by atoms with Crippen molar-refractivity contribution in [2.75, 3.05) is 0 Å². The second kappa shape index (κ2) is 6.86. The number of non-ortho nitro benzene ring substituents is 1. The monoisotopic (exact) mass is 308 g/mol. The highest BCUT2D eigenvalue weighted by Gasteiger charge is 2.05. The fraction of sp³-hybridized carbons (Fsp3) is 0.154. The minimum atomic E-state index is -0.379. The molecule has 5 heteroatoms. The van der Waals surface area contributed by atoms with Gasteiger partial charge in [0.1, 0.15) is 0 Å². The molecule has 4 nitrogen and oxygen atoms in total. The lowest BCUT2D eigenvalue weighted by atomic mass is 10.1. The van der Waals surface area contributed by atoms with Crippen LogP contribution in [-0.4, -0.2) is 4.92 Å². The van der Waals surface area contributed by atoms with Gasteiger partial charge in [-0.2, -0.15) is 0 Å². The van der Waals surface area contributed by atoms with E-state index in [1.54, 1.807) is 12.1 Å². The van der Waals surface area contributed by atoms with E-state index < -0.39 is 0 Å². The van der Waals surface area contributed by atoms with Crippen LogP contribution in [0.5, 0.6) is 0 Å². The molecule has 0 fully saturated rings. The Morgan fingerprint density at radius 3 is 2.22 bits per heavy atom. The third-order valence-corrected chi connectivity index (χ3v) is 2.58. The summed E-state index contributed by atoms with van der Waals surface area (Å²) in [6.07, 6.45) is 4.88. The van der Waals surface area contributed by atoms with Crippen molar-refractivity contribution in [2.24, 2.45) is 0 Å². The number of pyridine rings is 1. The van der Waals surface area contributed by atoms with Crippen LogP contribution in [0.1, 0.15) is 5.56 Å². The van der Waals surface area contributed by atoms with E-state index in [2.05, 4.69) is 4.57 Å². The molecule has 0 saturated carbocycles. The van der Waals surface area contributed by atoms with Gasteiger partial charge in [-0.3, -0.25) is 10.1 Å². The number of halogens is 1. The van der Waals surface area contributed by atoms with E-state index >= 15 is 0 Å². The van der Waals surface area contributed by atoms with Crippen LogP contribution in [0.15, 0.2) is 54.9 Å². The average Bonchev–Trinajstić information content (AvgIpc) is 2.38. The summed E-state index contributed by atoms with van der Waals surface area (Å²) in [4.78, 5) is 10.1. The van der Waals surface area contributed by atoms with Crippen LogP contribution in [0.4, 0.5) is 5.69 Å². The summed E-state index contributed by atoms with van der Waals surface area (Å²) >= 11 is 0. The Kier molecular flexibility index (Phi) is 5.45. The predicted octanol–water partition coefficient (Wildman–Crippen LogP) is -0.871. The van der Waals surface area contributed by atoms with Crippen molar-refractivity contribution >= 4 is 5.69 Å². The van der Waals surface area contributed by atoms with Gasteiger partial charge in [0.25, 0.3) is 5.69 Å². The minimum Gasteiger partial charge on any atom is -1.00 e. The molecule has 1 heterocycles. The zero-order valence-electron chi connectivity index (χ0n) is 9.70. The molecule has 0 atom stereocenters. The number of benzene rings is 1. The Morgan fingerprint density at radius 2 is 1.67 bits per heavy atom. The van der Waals surface area contributed by atoms with Crippen LogP contribution in [-0.2, 0) is 13.0 Å². The van der Waals surface area contributed by atoms with Crippen molar-refractivity contribution in [2.45, 2.75) is 13.0 Å². The summed E-state index contributed by atoms with van der Waals surface area (Å²) in [5.74, 6) is 0.